The number of carbonyl (C=O) groups is 2. The van der Waals surface area contributed by atoms with E-state index in [1.807, 2.05) is 13.8 Å². The molecule has 0 spiro atoms. The molecule has 7 heteroatoms. The van der Waals surface area contributed by atoms with Crippen molar-refractivity contribution >= 4 is 28.7 Å². The molecule has 132 valence electrons. The summed E-state index contributed by atoms with van der Waals surface area (Å²) in [4.78, 5) is 29.1. The van der Waals surface area contributed by atoms with Crippen molar-refractivity contribution in [3.8, 4) is 5.88 Å². The zero-order valence-electron chi connectivity index (χ0n) is 14.3. The lowest BCUT2D eigenvalue weighted by atomic mass is 10.2. The summed E-state index contributed by atoms with van der Waals surface area (Å²) in [5.74, 6) is 0.257. The Kier molecular flexibility index (Phi) is 6.82. The normalized spacial score (nSPS) is 10.4. The van der Waals surface area contributed by atoms with Gasteiger partial charge in [-0.25, -0.2) is 9.78 Å². The fourth-order valence-corrected chi connectivity index (χ4v) is 2.50. The number of thioether (sulfide) groups is 1. The van der Waals surface area contributed by atoms with E-state index < -0.39 is 5.97 Å². The van der Waals surface area contributed by atoms with E-state index >= 15 is 0 Å². The summed E-state index contributed by atoms with van der Waals surface area (Å²) in [6.07, 6.45) is 1.55. The molecule has 0 saturated heterocycles. The van der Waals surface area contributed by atoms with Gasteiger partial charge in [0.15, 0.2) is 0 Å². The quantitative estimate of drug-likeness (QED) is 0.614. The standard InChI is InChI=1S/C18H20N2O4S/c1-12(2)11-24-17(21)14-6-4-5-7-15(14)20-18(22)25-13-8-9-16(23-3)19-10-13/h4-10,12H,11H2,1-3H3,(H,20,22). The number of nitrogens with zero attached hydrogens (tertiary/aromatic N) is 1. The van der Waals surface area contributed by atoms with Crippen LogP contribution in [0, 0.1) is 5.92 Å². The van der Waals surface area contributed by atoms with Crippen LogP contribution in [0.25, 0.3) is 0 Å². The number of esters is 1. The number of amides is 1. The SMILES string of the molecule is COc1ccc(SC(=O)Nc2ccccc2C(=O)OCC(C)C)cn1. The van der Waals surface area contributed by atoms with Crippen molar-refractivity contribution in [2.45, 2.75) is 18.7 Å². The maximum Gasteiger partial charge on any atom is 0.340 e. The predicted molar refractivity (Wildman–Crippen MR) is 97.2 cm³/mol. The average Bonchev–Trinajstić information content (AvgIpc) is 2.60. The number of carbonyl (C=O) groups excluding carboxylic acids is 2. The second kappa shape index (κ2) is 9.08. The smallest absolute Gasteiger partial charge is 0.340 e. The molecular formula is C18H20N2O4S. The topological polar surface area (TPSA) is 77.5 Å². The van der Waals surface area contributed by atoms with E-state index in [1.54, 1.807) is 42.6 Å². The van der Waals surface area contributed by atoms with Crippen molar-refractivity contribution in [1.29, 1.82) is 0 Å². The van der Waals surface area contributed by atoms with Crippen molar-refractivity contribution in [1.82, 2.24) is 4.98 Å². The van der Waals surface area contributed by atoms with Crippen LogP contribution in [0.3, 0.4) is 0 Å². The van der Waals surface area contributed by atoms with Crippen molar-refractivity contribution in [3.05, 3.63) is 48.2 Å². The number of methoxy groups -OCH3 is 1. The average molecular weight is 360 g/mol. The Hall–Kier alpha value is -2.54. The van der Waals surface area contributed by atoms with Crippen LogP contribution < -0.4 is 10.1 Å². The molecule has 1 aromatic heterocycles. The minimum atomic E-state index is -0.458. The predicted octanol–water partition coefficient (Wildman–Crippen LogP) is 4.23. The van der Waals surface area contributed by atoms with Crippen LogP contribution in [-0.2, 0) is 4.74 Å². The van der Waals surface area contributed by atoms with E-state index in [4.69, 9.17) is 9.47 Å². The fraction of sp³-hybridized carbons (Fsp3) is 0.278. The zero-order chi connectivity index (χ0) is 18.2. The molecule has 25 heavy (non-hydrogen) atoms. The highest BCUT2D eigenvalue weighted by atomic mass is 32.2. The van der Waals surface area contributed by atoms with Gasteiger partial charge in [-0.15, -0.1) is 0 Å². The highest BCUT2D eigenvalue weighted by molar-refractivity contribution is 8.13. The van der Waals surface area contributed by atoms with Crippen molar-refractivity contribution in [3.63, 3.8) is 0 Å². The van der Waals surface area contributed by atoms with Gasteiger partial charge < -0.3 is 14.8 Å². The summed E-state index contributed by atoms with van der Waals surface area (Å²) in [6, 6.07) is 10.2. The first-order valence-electron chi connectivity index (χ1n) is 7.74. The van der Waals surface area contributed by atoms with E-state index in [0.717, 1.165) is 11.8 Å². The number of hydrogen-bond acceptors (Lipinski definition) is 6. The number of aromatic nitrogens is 1. The third kappa shape index (κ3) is 5.79. The molecule has 6 nitrogen and oxygen atoms in total. The summed E-state index contributed by atoms with van der Waals surface area (Å²) in [7, 11) is 1.52. The maximum atomic E-state index is 12.2. The van der Waals surface area contributed by atoms with Gasteiger partial charge in [0.1, 0.15) is 0 Å². The van der Waals surface area contributed by atoms with E-state index in [-0.39, 0.29) is 11.2 Å². The second-order valence-electron chi connectivity index (χ2n) is 5.59. The zero-order valence-corrected chi connectivity index (χ0v) is 15.1. The first kappa shape index (κ1) is 18.8. The molecule has 0 aliphatic rings. The monoisotopic (exact) mass is 360 g/mol. The first-order chi connectivity index (χ1) is 12.0. The van der Waals surface area contributed by atoms with Crippen molar-refractivity contribution < 1.29 is 19.1 Å². The van der Waals surface area contributed by atoms with Gasteiger partial charge in [-0.2, -0.15) is 0 Å². The van der Waals surface area contributed by atoms with Crippen molar-refractivity contribution in [2.24, 2.45) is 5.92 Å². The first-order valence-corrected chi connectivity index (χ1v) is 8.56. The highest BCUT2D eigenvalue weighted by Gasteiger charge is 2.15. The lowest BCUT2D eigenvalue weighted by molar-refractivity contribution is 0.0460. The number of benzene rings is 1. The number of ether oxygens (including phenoxy) is 2. The molecule has 2 rings (SSSR count). The minimum Gasteiger partial charge on any atom is -0.481 e. The Morgan fingerprint density at radius 2 is 1.96 bits per heavy atom. The number of rotatable bonds is 6. The van der Waals surface area contributed by atoms with E-state index in [2.05, 4.69) is 10.3 Å². The maximum absolute atomic E-state index is 12.2. The molecule has 1 aromatic carbocycles. The molecule has 0 unspecified atom stereocenters. The number of anilines is 1. The fourth-order valence-electron chi connectivity index (χ4n) is 1.88. The molecule has 2 aromatic rings. The molecule has 0 aliphatic heterocycles. The van der Waals surface area contributed by atoms with Crippen molar-refractivity contribution in [2.75, 3.05) is 19.0 Å². The van der Waals surface area contributed by atoms with Gasteiger partial charge in [-0.3, -0.25) is 4.79 Å². The second-order valence-corrected chi connectivity index (χ2v) is 6.63. The van der Waals surface area contributed by atoms with Crippen LogP contribution in [0.5, 0.6) is 5.88 Å². The molecule has 0 atom stereocenters. The van der Waals surface area contributed by atoms with E-state index in [0.29, 0.717) is 28.6 Å². The third-order valence-electron chi connectivity index (χ3n) is 3.06. The minimum absolute atomic E-state index is 0.240. The van der Waals surface area contributed by atoms with E-state index in [9.17, 15) is 9.59 Å². The van der Waals surface area contributed by atoms with Crippen LogP contribution >= 0.6 is 11.8 Å². The number of para-hydroxylation sites is 1. The largest absolute Gasteiger partial charge is 0.481 e. The van der Waals surface area contributed by atoms with Gasteiger partial charge in [0.2, 0.25) is 5.88 Å². The van der Waals surface area contributed by atoms with Gasteiger partial charge in [0.25, 0.3) is 5.24 Å². The molecule has 0 saturated carbocycles. The van der Waals surface area contributed by atoms with Crippen LogP contribution in [0.4, 0.5) is 10.5 Å². The molecule has 0 radical (unpaired) electrons. The Morgan fingerprint density at radius 3 is 2.60 bits per heavy atom. The molecule has 1 heterocycles. The Morgan fingerprint density at radius 1 is 1.20 bits per heavy atom. The van der Waals surface area contributed by atoms with Gasteiger partial charge in [-0.05, 0) is 35.9 Å². The number of pyridine rings is 1. The lowest BCUT2D eigenvalue weighted by Gasteiger charge is -2.11. The Balaban J connectivity index is 2.03. The summed E-state index contributed by atoms with van der Waals surface area (Å²) in [5, 5.41) is 2.40. The molecular weight excluding hydrogens is 340 g/mol. The number of hydrogen-bond donors (Lipinski definition) is 1. The summed E-state index contributed by atoms with van der Waals surface area (Å²) in [5.41, 5.74) is 0.736. The summed E-state index contributed by atoms with van der Waals surface area (Å²) < 4.78 is 10.2. The molecule has 1 amide bonds. The van der Waals surface area contributed by atoms with Gasteiger partial charge in [-0.1, -0.05) is 26.0 Å². The number of nitrogens with one attached hydrogen (secondary N) is 1. The Bertz CT molecular complexity index is 732. The van der Waals surface area contributed by atoms with E-state index in [1.165, 1.54) is 7.11 Å². The summed E-state index contributed by atoms with van der Waals surface area (Å²) >= 11 is 0.976. The molecule has 0 fully saturated rings. The highest BCUT2D eigenvalue weighted by Crippen LogP contribution is 2.23. The van der Waals surface area contributed by atoms with Gasteiger partial charge >= 0.3 is 5.97 Å². The van der Waals surface area contributed by atoms with Crippen LogP contribution in [-0.4, -0.2) is 29.9 Å². The third-order valence-corrected chi connectivity index (χ3v) is 3.83. The van der Waals surface area contributed by atoms with Gasteiger partial charge in [0.05, 0.1) is 25.0 Å². The van der Waals surface area contributed by atoms with Crippen LogP contribution in [0.2, 0.25) is 0 Å². The van der Waals surface area contributed by atoms with Gasteiger partial charge in [0, 0.05) is 17.2 Å². The summed E-state index contributed by atoms with van der Waals surface area (Å²) in [6.45, 7) is 4.24. The van der Waals surface area contributed by atoms with Crippen LogP contribution in [0.15, 0.2) is 47.5 Å². The molecule has 0 bridgehead atoms. The van der Waals surface area contributed by atoms with Crippen LogP contribution in [0.1, 0.15) is 24.2 Å². The Labute approximate surface area is 150 Å². The lowest BCUT2D eigenvalue weighted by Crippen LogP contribution is -2.14. The molecule has 0 aliphatic carbocycles. The molecule has 1 N–H and O–H groups in total.